The molecule has 2 heterocycles. The number of ether oxygens (including phenoxy) is 1. The number of aromatic amines is 1. The van der Waals surface area contributed by atoms with E-state index < -0.39 is 23.6 Å². The number of H-pyrrole nitrogens is 1. The minimum atomic E-state index is -0.645. The van der Waals surface area contributed by atoms with Crippen LogP contribution in [0.3, 0.4) is 0 Å². The van der Waals surface area contributed by atoms with Gasteiger partial charge in [0.15, 0.2) is 0 Å². The number of nitrogens with zero attached hydrogens (tertiary/aromatic N) is 1. The first kappa shape index (κ1) is 19.0. The van der Waals surface area contributed by atoms with Crippen LogP contribution in [0.2, 0.25) is 0 Å². The number of rotatable bonds is 5. The lowest BCUT2D eigenvalue weighted by Gasteiger charge is -2.16. The lowest BCUT2D eigenvalue weighted by molar-refractivity contribution is -0.00765. The van der Waals surface area contributed by atoms with Crippen LogP contribution in [0.4, 0.5) is 0 Å². The normalized spacial score (nSPS) is 22.0. The number of aliphatic hydroxyl groups is 1. The molecule has 1 aromatic heterocycles. The molecule has 28 heavy (non-hydrogen) atoms. The Hall–Kier alpha value is -2.35. The van der Waals surface area contributed by atoms with Crippen molar-refractivity contribution in [3.63, 3.8) is 0 Å². The molecule has 0 aliphatic carbocycles. The summed E-state index contributed by atoms with van der Waals surface area (Å²) in [5, 5.41) is 12.8. The topological polar surface area (TPSA) is 84.3 Å². The summed E-state index contributed by atoms with van der Waals surface area (Å²) in [5.74, 6) is 1.45. The number of aryl methyl sites for hydroxylation is 1. The van der Waals surface area contributed by atoms with Crippen LogP contribution in [0.1, 0.15) is 23.8 Å². The van der Waals surface area contributed by atoms with Crippen molar-refractivity contribution in [1.82, 2.24) is 9.55 Å². The summed E-state index contributed by atoms with van der Waals surface area (Å²) < 4.78 is 7.27. The highest BCUT2D eigenvalue weighted by molar-refractivity contribution is 7.98. The Balaban J connectivity index is 1.38. The molecule has 0 bridgehead atoms. The average Bonchev–Trinajstić information content (AvgIpc) is 3.05. The monoisotopic (exact) mass is 398 g/mol. The van der Waals surface area contributed by atoms with E-state index in [-0.39, 0.29) is 6.10 Å². The van der Waals surface area contributed by atoms with E-state index in [1.165, 1.54) is 27.1 Å². The highest BCUT2D eigenvalue weighted by Gasteiger charge is 2.35. The number of benzene rings is 2. The number of hydrogen-bond acceptors (Lipinski definition) is 5. The summed E-state index contributed by atoms with van der Waals surface area (Å²) in [6.45, 7) is 1.64. The zero-order valence-electron chi connectivity index (χ0n) is 15.5. The second-order valence-electron chi connectivity index (χ2n) is 7.11. The maximum atomic E-state index is 12.0. The van der Waals surface area contributed by atoms with Gasteiger partial charge in [0.1, 0.15) is 6.23 Å². The zero-order valence-corrected chi connectivity index (χ0v) is 16.3. The molecule has 7 heteroatoms. The Morgan fingerprint density at radius 1 is 1.21 bits per heavy atom. The van der Waals surface area contributed by atoms with Crippen molar-refractivity contribution in [3.8, 4) is 0 Å². The fourth-order valence-corrected chi connectivity index (χ4v) is 4.52. The summed E-state index contributed by atoms with van der Waals surface area (Å²) in [7, 11) is 0. The molecule has 1 aliphatic rings. The number of hydrogen-bond donors (Lipinski definition) is 2. The van der Waals surface area contributed by atoms with Crippen LogP contribution in [0.5, 0.6) is 0 Å². The van der Waals surface area contributed by atoms with Gasteiger partial charge in [-0.1, -0.05) is 42.5 Å². The molecule has 1 fully saturated rings. The van der Waals surface area contributed by atoms with Crippen molar-refractivity contribution < 1.29 is 9.84 Å². The summed E-state index contributed by atoms with van der Waals surface area (Å²) in [5.41, 5.74) is 0.742. The maximum Gasteiger partial charge on any atom is 0.330 e. The predicted molar refractivity (Wildman–Crippen MR) is 111 cm³/mol. The van der Waals surface area contributed by atoms with Crippen LogP contribution in [0.15, 0.2) is 58.3 Å². The minimum absolute atomic E-state index is 0.326. The Kier molecular flexibility index (Phi) is 5.39. The average molecular weight is 398 g/mol. The van der Waals surface area contributed by atoms with E-state index in [1.54, 1.807) is 18.7 Å². The van der Waals surface area contributed by atoms with E-state index in [0.29, 0.717) is 17.7 Å². The molecule has 0 radical (unpaired) electrons. The first-order valence-corrected chi connectivity index (χ1v) is 10.4. The minimum Gasteiger partial charge on any atom is -0.390 e. The molecular formula is C21H22N2O4S. The van der Waals surface area contributed by atoms with E-state index in [0.717, 1.165) is 5.75 Å². The molecule has 3 atom stereocenters. The zero-order chi connectivity index (χ0) is 19.7. The summed E-state index contributed by atoms with van der Waals surface area (Å²) >= 11 is 1.69. The molecule has 1 aliphatic heterocycles. The molecule has 0 spiro atoms. The molecular weight excluding hydrogens is 376 g/mol. The Bertz CT molecular complexity index is 1110. The summed E-state index contributed by atoms with van der Waals surface area (Å²) in [6, 6.07) is 14.7. The molecule has 1 saturated heterocycles. The van der Waals surface area contributed by atoms with Gasteiger partial charge in [0.25, 0.3) is 5.56 Å². The highest BCUT2D eigenvalue weighted by atomic mass is 32.2. The van der Waals surface area contributed by atoms with Crippen LogP contribution < -0.4 is 11.2 Å². The van der Waals surface area contributed by atoms with Crippen LogP contribution in [-0.2, 0) is 10.5 Å². The number of thioether (sulfide) groups is 1. The second-order valence-corrected chi connectivity index (χ2v) is 8.14. The molecule has 2 aromatic carbocycles. The fourth-order valence-electron chi connectivity index (χ4n) is 3.46. The van der Waals surface area contributed by atoms with Gasteiger partial charge in [0.05, 0.1) is 12.2 Å². The molecule has 146 valence electrons. The van der Waals surface area contributed by atoms with E-state index in [1.807, 2.05) is 12.1 Å². The Labute approximate surface area is 166 Å². The van der Waals surface area contributed by atoms with Gasteiger partial charge in [-0.2, -0.15) is 11.8 Å². The first-order valence-electron chi connectivity index (χ1n) is 9.22. The number of aliphatic hydroxyl groups excluding tert-OH is 1. The SMILES string of the molecule is Cc1cn([C@H]2C[C@H](O)[C@@H](CSCc3ccc4ccccc4c3)O2)c(=O)[nH]c1=O. The van der Waals surface area contributed by atoms with Crippen molar-refractivity contribution in [2.24, 2.45) is 0 Å². The van der Waals surface area contributed by atoms with Gasteiger partial charge < -0.3 is 9.84 Å². The molecule has 0 saturated carbocycles. The molecule has 4 rings (SSSR count). The molecule has 3 aromatic rings. The van der Waals surface area contributed by atoms with E-state index in [9.17, 15) is 14.7 Å². The smallest absolute Gasteiger partial charge is 0.330 e. The number of aromatic nitrogens is 2. The standard InChI is InChI=1S/C21H22N2O4S/c1-13-10-23(21(26)22-20(13)25)19-9-17(24)18(27-19)12-28-11-14-6-7-15-4-2-3-5-16(15)8-14/h2-8,10,17-19,24H,9,11-12H2,1H3,(H,22,25,26)/t17-,18+,19+/m0/s1. The van der Waals surface area contributed by atoms with Crippen molar-refractivity contribution in [2.75, 3.05) is 5.75 Å². The van der Waals surface area contributed by atoms with Crippen LogP contribution in [-0.4, -0.2) is 32.6 Å². The fraction of sp³-hybridized carbons (Fsp3) is 0.333. The maximum absolute atomic E-state index is 12.0. The van der Waals surface area contributed by atoms with Crippen LogP contribution in [0.25, 0.3) is 10.8 Å². The van der Waals surface area contributed by atoms with Gasteiger partial charge in [-0.05, 0) is 23.3 Å². The number of fused-ring (bicyclic) bond motifs is 1. The second kappa shape index (κ2) is 7.95. The molecule has 0 unspecified atom stereocenters. The van der Waals surface area contributed by atoms with Crippen molar-refractivity contribution in [3.05, 3.63) is 80.6 Å². The molecule has 6 nitrogen and oxygen atoms in total. The van der Waals surface area contributed by atoms with E-state index in [2.05, 4.69) is 35.3 Å². The van der Waals surface area contributed by atoms with Crippen LogP contribution >= 0.6 is 11.8 Å². The quantitative estimate of drug-likeness (QED) is 0.690. The largest absolute Gasteiger partial charge is 0.390 e. The highest BCUT2D eigenvalue weighted by Crippen LogP contribution is 2.30. The third-order valence-electron chi connectivity index (χ3n) is 5.03. The van der Waals surface area contributed by atoms with Crippen molar-refractivity contribution >= 4 is 22.5 Å². The van der Waals surface area contributed by atoms with E-state index >= 15 is 0 Å². The first-order chi connectivity index (χ1) is 13.5. The van der Waals surface area contributed by atoms with Gasteiger partial charge in [-0.15, -0.1) is 0 Å². The summed E-state index contributed by atoms with van der Waals surface area (Å²) in [4.78, 5) is 25.8. The Morgan fingerprint density at radius 2 is 2.00 bits per heavy atom. The van der Waals surface area contributed by atoms with E-state index in [4.69, 9.17) is 4.74 Å². The lowest BCUT2D eigenvalue weighted by Crippen LogP contribution is -2.33. The van der Waals surface area contributed by atoms with Gasteiger partial charge >= 0.3 is 5.69 Å². The third-order valence-corrected chi connectivity index (χ3v) is 6.13. The van der Waals surface area contributed by atoms with Crippen molar-refractivity contribution in [2.45, 2.75) is 37.5 Å². The molecule has 0 amide bonds. The lowest BCUT2D eigenvalue weighted by atomic mass is 10.1. The van der Waals surface area contributed by atoms with Gasteiger partial charge in [-0.3, -0.25) is 14.3 Å². The third kappa shape index (κ3) is 3.92. The van der Waals surface area contributed by atoms with Crippen molar-refractivity contribution in [1.29, 1.82) is 0 Å². The summed E-state index contributed by atoms with van der Waals surface area (Å²) in [6.07, 6.45) is 0.252. The Morgan fingerprint density at radius 3 is 2.82 bits per heavy atom. The predicted octanol–water partition coefficient (Wildman–Crippen LogP) is 2.58. The van der Waals surface area contributed by atoms with Gasteiger partial charge in [0, 0.05) is 29.7 Å². The number of nitrogens with one attached hydrogen (secondary N) is 1. The molecule has 2 N–H and O–H groups in total. The van der Waals surface area contributed by atoms with Gasteiger partial charge in [0.2, 0.25) is 0 Å². The van der Waals surface area contributed by atoms with Gasteiger partial charge in [-0.25, -0.2) is 4.79 Å². The van der Waals surface area contributed by atoms with Crippen LogP contribution in [0, 0.1) is 6.92 Å².